The highest BCUT2D eigenvalue weighted by atomic mass is 32.1. The quantitative estimate of drug-likeness (QED) is 0.902. The van der Waals surface area contributed by atoms with Gasteiger partial charge >= 0.3 is 0 Å². The molecule has 1 aliphatic rings. The average Bonchev–Trinajstić information content (AvgIpc) is 3.03. The smallest absolute Gasteiger partial charge is 0.260 e. The van der Waals surface area contributed by atoms with Gasteiger partial charge in [0.2, 0.25) is 0 Å². The number of nitrogens with zero attached hydrogens (tertiary/aromatic N) is 1. The van der Waals surface area contributed by atoms with Gasteiger partial charge in [0.1, 0.15) is 5.76 Å². The number of anilines is 1. The summed E-state index contributed by atoms with van der Waals surface area (Å²) in [6.07, 6.45) is 3.17. The van der Waals surface area contributed by atoms with Crippen molar-refractivity contribution in [1.29, 1.82) is 0 Å². The maximum absolute atomic E-state index is 12.1. The first kappa shape index (κ1) is 12.4. The molecule has 0 unspecified atom stereocenters. The number of aromatic nitrogens is 1. The molecule has 0 saturated heterocycles. The molecule has 3 heterocycles. The molecule has 0 aromatic carbocycles. The summed E-state index contributed by atoms with van der Waals surface area (Å²) in [5.74, 6) is 0.560. The van der Waals surface area contributed by atoms with Crippen LogP contribution in [0.2, 0.25) is 0 Å². The highest BCUT2D eigenvalue weighted by molar-refractivity contribution is 7.15. The number of rotatable bonds is 3. The number of fused-ring (bicyclic) bond motifs is 1. The van der Waals surface area contributed by atoms with Crippen molar-refractivity contribution in [2.24, 2.45) is 0 Å². The molecule has 19 heavy (non-hydrogen) atoms. The third kappa shape index (κ3) is 2.41. The van der Waals surface area contributed by atoms with E-state index in [-0.39, 0.29) is 5.91 Å². The molecular weight excluding hydrogens is 262 g/mol. The Balaban J connectivity index is 1.78. The normalized spacial score (nSPS) is 14.2. The Kier molecular flexibility index (Phi) is 3.35. The third-order valence-electron chi connectivity index (χ3n) is 3.13. The van der Waals surface area contributed by atoms with Crippen molar-refractivity contribution in [1.82, 2.24) is 10.3 Å². The van der Waals surface area contributed by atoms with Crippen molar-refractivity contribution < 1.29 is 9.21 Å². The van der Waals surface area contributed by atoms with Gasteiger partial charge in [0, 0.05) is 30.8 Å². The van der Waals surface area contributed by atoms with Crippen LogP contribution >= 0.6 is 11.3 Å². The zero-order valence-corrected chi connectivity index (χ0v) is 11.5. The molecule has 1 amide bonds. The van der Waals surface area contributed by atoms with E-state index >= 15 is 0 Å². The third-order valence-corrected chi connectivity index (χ3v) is 4.15. The number of carbonyl (C=O) groups is 1. The topological polar surface area (TPSA) is 67.2 Å². The van der Waals surface area contributed by atoms with Crippen molar-refractivity contribution in [3.05, 3.63) is 34.2 Å². The Bertz CT molecular complexity index is 579. The molecule has 100 valence electrons. The Hall–Kier alpha value is -1.66. The molecule has 0 radical (unpaired) electrons. The molecule has 0 aliphatic carbocycles. The first-order valence-corrected chi connectivity index (χ1v) is 7.16. The van der Waals surface area contributed by atoms with Gasteiger partial charge in [0.05, 0.1) is 17.5 Å². The largest absolute Gasteiger partial charge is 0.469 e. The summed E-state index contributed by atoms with van der Waals surface area (Å²) in [6, 6.07) is 1.70. The van der Waals surface area contributed by atoms with Crippen molar-refractivity contribution >= 4 is 22.4 Å². The maximum atomic E-state index is 12.1. The van der Waals surface area contributed by atoms with Gasteiger partial charge in [0.25, 0.3) is 5.91 Å². The van der Waals surface area contributed by atoms with Crippen molar-refractivity contribution in [2.75, 3.05) is 11.9 Å². The molecule has 0 bridgehead atoms. The van der Waals surface area contributed by atoms with E-state index in [4.69, 9.17) is 4.42 Å². The van der Waals surface area contributed by atoms with E-state index in [0.717, 1.165) is 25.2 Å². The summed E-state index contributed by atoms with van der Waals surface area (Å²) >= 11 is 1.54. The molecule has 0 atom stereocenters. The van der Waals surface area contributed by atoms with E-state index in [1.165, 1.54) is 16.2 Å². The van der Waals surface area contributed by atoms with Crippen LogP contribution in [-0.2, 0) is 19.4 Å². The predicted molar refractivity (Wildman–Crippen MR) is 73.6 cm³/mol. The highest BCUT2D eigenvalue weighted by Gasteiger charge is 2.18. The van der Waals surface area contributed by atoms with E-state index in [1.54, 1.807) is 12.3 Å². The fourth-order valence-electron chi connectivity index (χ4n) is 2.16. The summed E-state index contributed by atoms with van der Waals surface area (Å²) < 4.78 is 5.27. The van der Waals surface area contributed by atoms with Crippen LogP contribution in [0.25, 0.3) is 0 Å². The van der Waals surface area contributed by atoms with E-state index in [9.17, 15) is 4.79 Å². The summed E-state index contributed by atoms with van der Waals surface area (Å²) in [6.45, 7) is 3.75. The second-order valence-electron chi connectivity index (χ2n) is 4.38. The van der Waals surface area contributed by atoms with Crippen LogP contribution < -0.4 is 10.6 Å². The van der Waals surface area contributed by atoms with Crippen LogP contribution in [0.5, 0.6) is 0 Å². The molecule has 6 heteroatoms. The SMILES string of the molecule is CCc1occc1C(=O)Nc1nc2c(s1)CNCC2. The number of furan rings is 1. The lowest BCUT2D eigenvalue weighted by molar-refractivity contribution is 0.102. The first-order valence-electron chi connectivity index (χ1n) is 6.35. The van der Waals surface area contributed by atoms with Crippen LogP contribution in [0, 0.1) is 0 Å². The molecule has 0 fully saturated rings. The highest BCUT2D eigenvalue weighted by Crippen LogP contribution is 2.26. The number of nitrogens with one attached hydrogen (secondary N) is 2. The van der Waals surface area contributed by atoms with Gasteiger partial charge in [0.15, 0.2) is 5.13 Å². The van der Waals surface area contributed by atoms with Crippen LogP contribution in [0.15, 0.2) is 16.7 Å². The summed E-state index contributed by atoms with van der Waals surface area (Å²) in [7, 11) is 0. The van der Waals surface area contributed by atoms with Crippen molar-refractivity contribution in [3.8, 4) is 0 Å². The number of carbonyl (C=O) groups excluding carboxylic acids is 1. The maximum Gasteiger partial charge on any atom is 0.260 e. The lowest BCUT2D eigenvalue weighted by Gasteiger charge is -2.09. The summed E-state index contributed by atoms with van der Waals surface area (Å²) in [4.78, 5) is 17.8. The van der Waals surface area contributed by atoms with Gasteiger partial charge in [-0.3, -0.25) is 10.1 Å². The van der Waals surface area contributed by atoms with Crippen LogP contribution in [-0.4, -0.2) is 17.4 Å². The number of aryl methyl sites for hydroxylation is 1. The molecule has 0 saturated carbocycles. The molecule has 0 spiro atoms. The Morgan fingerprint density at radius 3 is 3.32 bits per heavy atom. The summed E-state index contributed by atoms with van der Waals surface area (Å²) in [5.41, 5.74) is 1.69. The molecule has 2 aromatic heterocycles. The molecule has 2 aromatic rings. The van der Waals surface area contributed by atoms with E-state index < -0.39 is 0 Å². The molecule has 1 aliphatic heterocycles. The van der Waals surface area contributed by atoms with Crippen LogP contribution in [0.1, 0.15) is 33.6 Å². The number of amides is 1. The van der Waals surface area contributed by atoms with E-state index in [0.29, 0.717) is 22.9 Å². The minimum atomic E-state index is -0.148. The number of thiazole rings is 1. The fraction of sp³-hybridized carbons (Fsp3) is 0.385. The Labute approximate surface area is 115 Å². The van der Waals surface area contributed by atoms with Crippen molar-refractivity contribution in [2.45, 2.75) is 26.3 Å². The number of hydrogen-bond acceptors (Lipinski definition) is 5. The molecule has 2 N–H and O–H groups in total. The lowest BCUT2D eigenvalue weighted by atomic mass is 10.2. The van der Waals surface area contributed by atoms with Crippen LogP contribution in [0.3, 0.4) is 0 Å². The molecule has 3 rings (SSSR count). The van der Waals surface area contributed by atoms with Crippen LogP contribution in [0.4, 0.5) is 5.13 Å². The first-order chi connectivity index (χ1) is 9.28. The summed E-state index contributed by atoms with van der Waals surface area (Å²) in [5, 5.41) is 6.82. The van der Waals surface area contributed by atoms with Gasteiger partial charge in [-0.15, -0.1) is 11.3 Å². The van der Waals surface area contributed by atoms with Gasteiger partial charge < -0.3 is 9.73 Å². The Morgan fingerprint density at radius 1 is 1.63 bits per heavy atom. The number of hydrogen-bond donors (Lipinski definition) is 2. The second-order valence-corrected chi connectivity index (χ2v) is 5.46. The van der Waals surface area contributed by atoms with Gasteiger partial charge in [-0.05, 0) is 6.07 Å². The lowest BCUT2D eigenvalue weighted by Crippen LogP contribution is -2.22. The minimum Gasteiger partial charge on any atom is -0.469 e. The predicted octanol–water partition coefficient (Wildman–Crippen LogP) is 2.20. The zero-order chi connectivity index (χ0) is 13.2. The van der Waals surface area contributed by atoms with Gasteiger partial charge in [-0.25, -0.2) is 4.98 Å². The van der Waals surface area contributed by atoms with Gasteiger partial charge in [-0.2, -0.15) is 0 Å². The Morgan fingerprint density at radius 2 is 2.53 bits per heavy atom. The van der Waals surface area contributed by atoms with E-state index in [2.05, 4.69) is 15.6 Å². The fourth-order valence-corrected chi connectivity index (χ4v) is 3.13. The second kappa shape index (κ2) is 5.14. The standard InChI is InChI=1S/C13H15N3O2S/c1-2-10-8(4-6-18-10)12(17)16-13-15-9-3-5-14-7-11(9)19-13/h4,6,14H,2-3,5,7H2,1H3,(H,15,16,17). The zero-order valence-electron chi connectivity index (χ0n) is 10.7. The van der Waals surface area contributed by atoms with Gasteiger partial charge in [-0.1, -0.05) is 6.92 Å². The monoisotopic (exact) mass is 277 g/mol. The molecular formula is C13H15N3O2S. The average molecular weight is 277 g/mol. The van der Waals surface area contributed by atoms with E-state index in [1.807, 2.05) is 6.92 Å². The minimum absolute atomic E-state index is 0.148. The van der Waals surface area contributed by atoms with Crippen molar-refractivity contribution in [3.63, 3.8) is 0 Å². The molecule has 5 nitrogen and oxygen atoms in total.